The standard InChI is InChI=1S/C12H15FNO5P/c1-3-18-20(17,19-4-2)12(16)9-7-8(13)5-6-10(9)14-11(12)15/h5-7,16H,3-4H2,1-2H3,(H,14,15)/t12-/m0/s1. The summed E-state index contributed by atoms with van der Waals surface area (Å²) < 4.78 is 36.2. The van der Waals surface area contributed by atoms with E-state index in [9.17, 15) is 18.9 Å². The first-order chi connectivity index (χ1) is 9.39. The minimum absolute atomic E-state index is 0.0302. The fraction of sp³-hybridized carbons (Fsp3) is 0.417. The molecule has 0 spiro atoms. The van der Waals surface area contributed by atoms with E-state index in [1.807, 2.05) is 0 Å². The maximum Gasteiger partial charge on any atom is 0.376 e. The average Bonchev–Trinajstić information content (AvgIpc) is 2.64. The van der Waals surface area contributed by atoms with E-state index in [1.54, 1.807) is 13.8 Å². The molecule has 0 bridgehead atoms. The molecule has 1 heterocycles. The Kier molecular flexibility index (Phi) is 3.97. The molecule has 2 N–H and O–H groups in total. The Morgan fingerprint density at radius 2 is 1.95 bits per heavy atom. The molecule has 1 aliphatic heterocycles. The van der Waals surface area contributed by atoms with Crippen LogP contribution in [0, 0.1) is 5.82 Å². The number of nitrogens with one attached hydrogen (secondary N) is 1. The van der Waals surface area contributed by atoms with Crippen molar-refractivity contribution in [2.45, 2.75) is 19.2 Å². The lowest BCUT2D eigenvalue weighted by Crippen LogP contribution is -2.35. The van der Waals surface area contributed by atoms with E-state index < -0.39 is 24.7 Å². The first-order valence-corrected chi connectivity index (χ1v) is 7.66. The fourth-order valence-electron chi connectivity index (χ4n) is 2.08. The van der Waals surface area contributed by atoms with Crippen LogP contribution in [0.15, 0.2) is 18.2 Å². The molecular formula is C12H15FNO5P. The number of amides is 1. The lowest BCUT2D eigenvalue weighted by Gasteiger charge is -2.29. The van der Waals surface area contributed by atoms with Crippen LogP contribution in [-0.4, -0.2) is 24.2 Å². The van der Waals surface area contributed by atoms with Gasteiger partial charge in [0.25, 0.3) is 11.2 Å². The van der Waals surface area contributed by atoms with Crippen molar-refractivity contribution in [1.82, 2.24) is 0 Å². The van der Waals surface area contributed by atoms with Crippen molar-refractivity contribution in [2.24, 2.45) is 0 Å². The number of benzene rings is 1. The second kappa shape index (κ2) is 5.26. The third-order valence-electron chi connectivity index (χ3n) is 2.92. The van der Waals surface area contributed by atoms with Gasteiger partial charge in [-0.2, -0.15) is 0 Å². The molecule has 6 nitrogen and oxygen atoms in total. The minimum Gasteiger partial charge on any atom is -0.366 e. The molecule has 0 saturated carbocycles. The Morgan fingerprint density at radius 1 is 1.35 bits per heavy atom. The summed E-state index contributed by atoms with van der Waals surface area (Å²) in [7, 11) is -4.21. The molecule has 1 aliphatic rings. The molecule has 2 rings (SSSR count). The zero-order chi connectivity index (χ0) is 15.0. The van der Waals surface area contributed by atoms with Crippen LogP contribution in [0.4, 0.5) is 10.1 Å². The number of halogens is 1. The first kappa shape index (κ1) is 15.1. The van der Waals surface area contributed by atoms with Gasteiger partial charge in [-0.3, -0.25) is 9.36 Å². The maximum atomic E-state index is 13.4. The molecule has 1 atom stereocenters. The summed E-state index contributed by atoms with van der Waals surface area (Å²) in [6.45, 7) is 3.04. The van der Waals surface area contributed by atoms with Crippen molar-refractivity contribution in [3.63, 3.8) is 0 Å². The van der Waals surface area contributed by atoms with Gasteiger partial charge in [0.2, 0.25) is 0 Å². The van der Waals surface area contributed by atoms with Gasteiger partial charge < -0.3 is 19.5 Å². The van der Waals surface area contributed by atoms with Gasteiger partial charge in [0.1, 0.15) is 5.82 Å². The van der Waals surface area contributed by atoms with Crippen LogP contribution in [0.25, 0.3) is 0 Å². The number of hydrogen-bond donors (Lipinski definition) is 2. The van der Waals surface area contributed by atoms with E-state index in [-0.39, 0.29) is 24.5 Å². The van der Waals surface area contributed by atoms with E-state index in [2.05, 4.69) is 5.32 Å². The Balaban J connectivity index is 2.61. The van der Waals surface area contributed by atoms with Crippen LogP contribution in [0.5, 0.6) is 0 Å². The van der Waals surface area contributed by atoms with Gasteiger partial charge in [0.15, 0.2) is 0 Å². The monoisotopic (exact) mass is 303 g/mol. The Labute approximate surface area is 115 Å². The summed E-state index contributed by atoms with van der Waals surface area (Å²) in [6, 6.07) is 3.35. The van der Waals surface area contributed by atoms with E-state index in [0.29, 0.717) is 0 Å². The number of fused-ring (bicyclic) bond motifs is 1. The van der Waals surface area contributed by atoms with E-state index >= 15 is 0 Å². The van der Waals surface area contributed by atoms with Crippen LogP contribution in [-0.2, 0) is 23.7 Å². The van der Waals surface area contributed by atoms with E-state index in [4.69, 9.17) is 9.05 Å². The summed E-state index contributed by atoms with van der Waals surface area (Å²) in [5.74, 6) is -1.62. The molecule has 0 radical (unpaired) electrons. The Morgan fingerprint density at radius 3 is 2.50 bits per heavy atom. The Hall–Kier alpha value is -1.27. The van der Waals surface area contributed by atoms with Gasteiger partial charge in [-0.1, -0.05) is 0 Å². The van der Waals surface area contributed by atoms with Gasteiger partial charge in [0.05, 0.1) is 13.2 Å². The number of hydrogen-bond acceptors (Lipinski definition) is 5. The summed E-state index contributed by atoms with van der Waals surface area (Å²) in [5.41, 5.74) is 0.0336. The topological polar surface area (TPSA) is 84.9 Å². The third-order valence-corrected chi connectivity index (χ3v) is 5.35. The number of anilines is 1. The van der Waals surface area contributed by atoms with Crippen molar-refractivity contribution in [3.8, 4) is 0 Å². The smallest absolute Gasteiger partial charge is 0.366 e. The number of aliphatic hydroxyl groups is 1. The van der Waals surface area contributed by atoms with Gasteiger partial charge in [-0.25, -0.2) is 4.39 Å². The lowest BCUT2D eigenvalue weighted by molar-refractivity contribution is -0.128. The van der Waals surface area contributed by atoms with Crippen molar-refractivity contribution in [1.29, 1.82) is 0 Å². The minimum atomic E-state index is -4.21. The predicted molar refractivity (Wildman–Crippen MR) is 69.8 cm³/mol. The summed E-state index contributed by atoms with van der Waals surface area (Å²) >= 11 is 0. The molecule has 0 aliphatic carbocycles. The number of rotatable bonds is 5. The highest BCUT2D eigenvalue weighted by Gasteiger charge is 2.61. The van der Waals surface area contributed by atoms with Gasteiger partial charge in [-0.05, 0) is 32.0 Å². The van der Waals surface area contributed by atoms with E-state index in [0.717, 1.165) is 12.1 Å². The number of carbonyl (C=O) groups is 1. The summed E-state index contributed by atoms with van der Waals surface area (Å²) in [5, 5.41) is 10.4. The van der Waals surface area contributed by atoms with Gasteiger partial charge in [0, 0.05) is 11.3 Å². The van der Waals surface area contributed by atoms with Crippen molar-refractivity contribution >= 4 is 19.2 Å². The average molecular weight is 303 g/mol. The molecule has 0 fully saturated rings. The lowest BCUT2D eigenvalue weighted by atomic mass is 10.1. The van der Waals surface area contributed by atoms with Crippen LogP contribution in [0.2, 0.25) is 0 Å². The van der Waals surface area contributed by atoms with Crippen molar-refractivity contribution < 1.29 is 27.9 Å². The van der Waals surface area contributed by atoms with E-state index in [1.165, 1.54) is 6.07 Å². The van der Waals surface area contributed by atoms with Crippen LogP contribution in [0.3, 0.4) is 0 Å². The van der Waals surface area contributed by atoms with Crippen LogP contribution >= 0.6 is 7.60 Å². The van der Waals surface area contributed by atoms with Crippen molar-refractivity contribution in [3.05, 3.63) is 29.6 Å². The molecule has 8 heteroatoms. The second-order valence-corrected chi connectivity index (χ2v) is 6.31. The normalized spacial score (nSPS) is 21.7. The van der Waals surface area contributed by atoms with Crippen LogP contribution in [0.1, 0.15) is 19.4 Å². The zero-order valence-electron chi connectivity index (χ0n) is 11.1. The first-order valence-electron chi connectivity index (χ1n) is 6.12. The molecule has 110 valence electrons. The van der Waals surface area contributed by atoms with Crippen molar-refractivity contribution in [2.75, 3.05) is 18.5 Å². The van der Waals surface area contributed by atoms with Gasteiger partial charge in [-0.15, -0.1) is 0 Å². The molecule has 0 unspecified atom stereocenters. The quantitative estimate of drug-likeness (QED) is 0.814. The Bertz CT molecular complexity index is 583. The summed E-state index contributed by atoms with van der Waals surface area (Å²) in [4.78, 5) is 12.0. The molecule has 0 saturated heterocycles. The highest BCUT2D eigenvalue weighted by Crippen LogP contribution is 2.66. The maximum absolute atomic E-state index is 13.4. The predicted octanol–water partition coefficient (Wildman–Crippen LogP) is 2.19. The largest absolute Gasteiger partial charge is 0.376 e. The molecule has 1 aromatic rings. The molecule has 20 heavy (non-hydrogen) atoms. The second-order valence-electron chi connectivity index (χ2n) is 4.15. The summed E-state index contributed by atoms with van der Waals surface area (Å²) in [6.07, 6.45) is 0. The molecule has 0 aromatic heterocycles. The highest BCUT2D eigenvalue weighted by molar-refractivity contribution is 7.56. The van der Waals surface area contributed by atoms with Crippen LogP contribution < -0.4 is 5.32 Å². The zero-order valence-corrected chi connectivity index (χ0v) is 11.9. The molecular weight excluding hydrogens is 288 g/mol. The highest BCUT2D eigenvalue weighted by atomic mass is 31.2. The molecule has 1 aromatic carbocycles. The van der Waals surface area contributed by atoms with Gasteiger partial charge >= 0.3 is 7.60 Å². The SMILES string of the molecule is CCOP(=O)(OCC)[C@]1(O)C(=O)Nc2ccc(F)cc21. The third kappa shape index (κ3) is 2.07. The number of carbonyl (C=O) groups excluding carboxylic acids is 1. The molecule has 1 amide bonds. The fourth-order valence-corrected chi connectivity index (χ4v) is 3.99.